The first-order chi connectivity index (χ1) is 9.13. The van der Waals surface area contributed by atoms with Crippen molar-refractivity contribution in [1.29, 1.82) is 0 Å². The average Bonchev–Trinajstić information content (AvgIpc) is 2.96. The molecule has 19 heavy (non-hydrogen) atoms. The fourth-order valence-corrected chi connectivity index (χ4v) is 4.08. The van der Waals surface area contributed by atoms with Gasteiger partial charge in [-0.3, -0.25) is 0 Å². The molecule has 0 N–H and O–H groups in total. The Balaban J connectivity index is 2.06. The zero-order chi connectivity index (χ0) is 13.8. The Bertz CT molecular complexity index is 540. The van der Waals surface area contributed by atoms with Gasteiger partial charge >= 0.3 is 0 Å². The first-order valence-corrected chi connectivity index (χ1v) is 8.30. The number of unbranched alkanes of at least 4 members (excludes halogenated alkanes) is 3. The van der Waals surface area contributed by atoms with Crippen LogP contribution in [0.1, 0.15) is 42.4 Å². The van der Waals surface area contributed by atoms with Crippen LogP contribution in [-0.4, -0.2) is 0 Å². The van der Waals surface area contributed by atoms with E-state index in [2.05, 4.69) is 6.92 Å². The molecule has 0 aromatic carbocycles. The molecule has 0 spiro atoms. The van der Waals surface area contributed by atoms with Crippen molar-refractivity contribution >= 4 is 22.7 Å². The minimum atomic E-state index is -0.696. The molecular weight excluding hydrogens is 282 g/mol. The van der Waals surface area contributed by atoms with E-state index >= 15 is 0 Å². The molecule has 2 rings (SSSR count). The molecule has 2 aromatic rings. The monoisotopic (exact) mass is 300 g/mol. The normalized spacial score (nSPS) is 11.2. The molecule has 0 amide bonds. The number of hydrogen-bond acceptors (Lipinski definition) is 2. The fourth-order valence-electron chi connectivity index (χ4n) is 2.02. The van der Waals surface area contributed by atoms with Gasteiger partial charge in [0, 0.05) is 14.6 Å². The minimum absolute atomic E-state index is 0.422. The van der Waals surface area contributed by atoms with Crippen LogP contribution in [0.5, 0.6) is 0 Å². The number of halogens is 2. The van der Waals surface area contributed by atoms with Gasteiger partial charge in [0.25, 0.3) is 0 Å². The second-order valence-electron chi connectivity index (χ2n) is 4.69. The van der Waals surface area contributed by atoms with E-state index in [9.17, 15) is 8.78 Å². The number of rotatable bonds is 6. The van der Waals surface area contributed by atoms with E-state index in [0.717, 1.165) is 11.3 Å². The maximum absolute atomic E-state index is 13.7. The van der Waals surface area contributed by atoms with Crippen molar-refractivity contribution in [2.75, 3.05) is 0 Å². The highest BCUT2D eigenvalue weighted by Crippen LogP contribution is 2.38. The van der Waals surface area contributed by atoms with Gasteiger partial charge in [-0.2, -0.15) is 0 Å². The first-order valence-electron chi connectivity index (χ1n) is 6.67. The Labute approximate surface area is 121 Å². The maximum atomic E-state index is 13.7. The molecule has 0 atom stereocenters. The van der Waals surface area contributed by atoms with Crippen molar-refractivity contribution in [2.45, 2.75) is 46.0 Å². The topological polar surface area (TPSA) is 0 Å². The molecule has 2 aromatic heterocycles. The van der Waals surface area contributed by atoms with Crippen molar-refractivity contribution in [3.05, 3.63) is 33.5 Å². The largest absolute Gasteiger partial charge is 0.203 e. The van der Waals surface area contributed by atoms with Crippen LogP contribution in [0.4, 0.5) is 8.78 Å². The van der Waals surface area contributed by atoms with E-state index in [1.165, 1.54) is 41.9 Å². The van der Waals surface area contributed by atoms with Crippen molar-refractivity contribution in [3.8, 4) is 9.75 Å². The SMILES string of the molecule is CCCCCCc1ccc(-c2sc(C)c(F)c2F)s1. The van der Waals surface area contributed by atoms with E-state index in [4.69, 9.17) is 0 Å². The molecule has 0 aliphatic rings. The Morgan fingerprint density at radius 1 is 1.00 bits per heavy atom. The molecular formula is C15H18F2S2. The maximum Gasteiger partial charge on any atom is 0.178 e. The summed E-state index contributed by atoms with van der Waals surface area (Å²) in [4.78, 5) is 2.97. The molecule has 104 valence electrons. The predicted molar refractivity (Wildman–Crippen MR) is 80.1 cm³/mol. The Morgan fingerprint density at radius 3 is 2.42 bits per heavy atom. The summed E-state index contributed by atoms with van der Waals surface area (Å²) < 4.78 is 27.1. The Kier molecular flexibility index (Phi) is 5.11. The zero-order valence-corrected chi connectivity index (χ0v) is 12.9. The molecule has 0 aliphatic heterocycles. The summed E-state index contributed by atoms with van der Waals surface area (Å²) >= 11 is 2.78. The highest BCUT2D eigenvalue weighted by Gasteiger charge is 2.18. The summed E-state index contributed by atoms with van der Waals surface area (Å²) in [6.07, 6.45) is 5.95. The van der Waals surface area contributed by atoms with Crippen LogP contribution in [0.25, 0.3) is 9.75 Å². The molecule has 0 fully saturated rings. The van der Waals surface area contributed by atoms with Gasteiger partial charge in [-0.15, -0.1) is 22.7 Å². The summed E-state index contributed by atoms with van der Waals surface area (Å²) in [5.41, 5.74) is 0. The molecule has 4 heteroatoms. The second-order valence-corrected chi connectivity index (χ2v) is 7.09. The Morgan fingerprint density at radius 2 is 1.79 bits per heavy atom. The third-order valence-electron chi connectivity index (χ3n) is 3.12. The van der Waals surface area contributed by atoms with Crippen molar-refractivity contribution < 1.29 is 8.78 Å². The molecule has 0 radical (unpaired) electrons. The van der Waals surface area contributed by atoms with Crippen molar-refractivity contribution in [3.63, 3.8) is 0 Å². The van der Waals surface area contributed by atoms with E-state index in [-0.39, 0.29) is 0 Å². The highest BCUT2D eigenvalue weighted by molar-refractivity contribution is 7.22. The average molecular weight is 300 g/mol. The van der Waals surface area contributed by atoms with Gasteiger partial charge in [0.1, 0.15) is 0 Å². The molecule has 0 aliphatic carbocycles. The molecule has 2 heterocycles. The van der Waals surface area contributed by atoms with Crippen LogP contribution in [0.15, 0.2) is 12.1 Å². The molecule has 0 nitrogen and oxygen atoms in total. The van der Waals surface area contributed by atoms with Gasteiger partial charge in [0.05, 0.1) is 4.88 Å². The summed E-state index contributed by atoms with van der Waals surface area (Å²) in [5, 5.41) is 0. The van der Waals surface area contributed by atoms with E-state index in [0.29, 0.717) is 9.75 Å². The van der Waals surface area contributed by atoms with Gasteiger partial charge in [0.2, 0.25) is 0 Å². The lowest BCUT2D eigenvalue weighted by Gasteiger charge is -1.96. The van der Waals surface area contributed by atoms with Crippen LogP contribution in [0, 0.1) is 18.6 Å². The van der Waals surface area contributed by atoms with Crippen molar-refractivity contribution in [1.82, 2.24) is 0 Å². The lowest BCUT2D eigenvalue weighted by atomic mass is 10.1. The summed E-state index contributed by atoms with van der Waals surface area (Å²) in [5.74, 6) is -1.39. The summed E-state index contributed by atoms with van der Waals surface area (Å²) in [6, 6.07) is 3.95. The van der Waals surface area contributed by atoms with Crippen LogP contribution in [0.2, 0.25) is 0 Å². The molecule has 0 saturated heterocycles. The lowest BCUT2D eigenvalue weighted by molar-refractivity contribution is 0.514. The highest BCUT2D eigenvalue weighted by atomic mass is 32.1. The van der Waals surface area contributed by atoms with E-state index < -0.39 is 11.6 Å². The number of hydrogen-bond donors (Lipinski definition) is 0. The molecule has 0 bridgehead atoms. The summed E-state index contributed by atoms with van der Waals surface area (Å²) in [6.45, 7) is 3.81. The van der Waals surface area contributed by atoms with E-state index in [1.54, 1.807) is 18.3 Å². The Hall–Kier alpha value is -0.740. The van der Waals surface area contributed by atoms with Gasteiger partial charge in [0.15, 0.2) is 11.6 Å². The third-order valence-corrected chi connectivity index (χ3v) is 5.50. The van der Waals surface area contributed by atoms with Crippen molar-refractivity contribution in [2.24, 2.45) is 0 Å². The standard InChI is InChI=1S/C15H18F2S2/c1-3-4-5-6-7-11-8-9-12(19-11)15-14(17)13(16)10(2)18-15/h8-9H,3-7H2,1-2H3. The third kappa shape index (κ3) is 3.42. The van der Waals surface area contributed by atoms with Gasteiger partial charge in [-0.25, -0.2) is 8.78 Å². The van der Waals surface area contributed by atoms with Gasteiger partial charge in [-0.05, 0) is 31.9 Å². The van der Waals surface area contributed by atoms with Crippen LogP contribution in [-0.2, 0) is 6.42 Å². The quantitative estimate of drug-likeness (QED) is 0.558. The van der Waals surface area contributed by atoms with Crippen LogP contribution >= 0.6 is 22.7 Å². The molecule has 0 unspecified atom stereocenters. The summed E-state index contributed by atoms with van der Waals surface area (Å²) in [7, 11) is 0. The predicted octanol–water partition coefficient (Wildman–Crippen LogP) is 6.19. The number of aryl methyl sites for hydroxylation is 2. The minimum Gasteiger partial charge on any atom is -0.203 e. The molecule has 0 saturated carbocycles. The van der Waals surface area contributed by atoms with Crippen LogP contribution < -0.4 is 0 Å². The fraction of sp³-hybridized carbons (Fsp3) is 0.467. The van der Waals surface area contributed by atoms with E-state index in [1.807, 2.05) is 12.1 Å². The number of thiophene rings is 2. The lowest BCUT2D eigenvalue weighted by Crippen LogP contribution is -1.80. The van der Waals surface area contributed by atoms with Gasteiger partial charge < -0.3 is 0 Å². The zero-order valence-electron chi connectivity index (χ0n) is 11.3. The van der Waals surface area contributed by atoms with Crippen LogP contribution in [0.3, 0.4) is 0 Å². The first kappa shape index (κ1) is 14.7. The van der Waals surface area contributed by atoms with Gasteiger partial charge in [-0.1, -0.05) is 26.2 Å². The second kappa shape index (κ2) is 6.62. The smallest absolute Gasteiger partial charge is 0.178 e.